The van der Waals surface area contributed by atoms with Crippen molar-refractivity contribution in [2.24, 2.45) is 0 Å². The van der Waals surface area contributed by atoms with Crippen molar-refractivity contribution in [1.29, 1.82) is 0 Å². The van der Waals surface area contributed by atoms with Crippen LogP contribution >= 0.6 is 11.8 Å². The number of benzene rings is 1. The molecule has 0 amide bonds. The fourth-order valence-corrected chi connectivity index (χ4v) is 3.21. The van der Waals surface area contributed by atoms with Crippen LogP contribution in [0, 0.1) is 0 Å². The number of hydrogen-bond donors (Lipinski definition) is 0. The molecule has 0 aliphatic carbocycles. The van der Waals surface area contributed by atoms with Crippen LogP contribution in [0.4, 0.5) is 0 Å². The van der Waals surface area contributed by atoms with Crippen LogP contribution in [0.2, 0.25) is 0 Å². The van der Waals surface area contributed by atoms with E-state index >= 15 is 0 Å². The number of thioether (sulfide) groups is 1. The standard InChI is InChI=1S/C11H14S.C2H6/c1-11(2)7-8-12-10-6-4-3-5-9(10)11;1-2/h3-6H,7-8H2,1-2H3;1-2H3. The summed E-state index contributed by atoms with van der Waals surface area (Å²) in [6.45, 7) is 8.68. The summed E-state index contributed by atoms with van der Waals surface area (Å²) in [4.78, 5) is 1.48. The molecule has 0 saturated heterocycles. The molecule has 0 unspecified atom stereocenters. The van der Waals surface area contributed by atoms with Gasteiger partial charge in [0.15, 0.2) is 0 Å². The highest BCUT2D eigenvalue weighted by atomic mass is 32.2. The maximum atomic E-state index is 2.34. The van der Waals surface area contributed by atoms with Crippen molar-refractivity contribution < 1.29 is 0 Å². The van der Waals surface area contributed by atoms with Crippen LogP contribution in [0.3, 0.4) is 0 Å². The van der Waals surface area contributed by atoms with Crippen LogP contribution in [0.1, 0.15) is 39.7 Å². The molecule has 1 aliphatic rings. The molecule has 0 atom stereocenters. The van der Waals surface area contributed by atoms with Crippen LogP contribution in [0.15, 0.2) is 29.2 Å². The van der Waals surface area contributed by atoms with Crippen molar-refractivity contribution in [2.75, 3.05) is 5.75 Å². The molecule has 1 heterocycles. The molecule has 0 saturated carbocycles. The molecular weight excluding hydrogens is 188 g/mol. The second kappa shape index (κ2) is 4.88. The normalized spacial score (nSPS) is 17.7. The molecular formula is C13H20S. The third-order valence-corrected chi connectivity index (χ3v) is 3.68. The van der Waals surface area contributed by atoms with E-state index < -0.39 is 0 Å². The minimum atomic E-state index is 0.391. The van der Waals surface area contributed by atoms with E-state index in [-0.39, 0.29) is 0 Å². The van der Waals surface area contributed by atoms with Crippen molar-refractivity contribution >= 4 is 11.8 Å². The Labute approximate surface area is 92.1 Å². The van der Waals surface area contributed by atoms with E-state index in [1.807, 2.05) is 25.6 Å². The van der Waals surface area contributed by atoms with E-state index in [9.17, 15) is 0 Å². The Morgan fingerprint density at radius 1 is 1.14 bits per heavy atom. The van der Waals surface area contributed by atoms with E-state index in [0.29, 0.717) is 5.41 Å². The maximum absolute atomic E-state index is 2.34. The van der Waals surface area contributed by atoms with Gasteiger partial charge in [-0.2, -0.15) is 0 Å². The van der Waals surface area contributed by atoms with Gasteiger partial charge >= 0.3 is 0 Å². The van der Waals surface area contributed by atoms with Gasteiger partial charge in [-0.15, -0.1) is 11.8 Å². The van der Waals surface area contributed by atoms with E-state index in [1.54, 1.807) is 0 Å². The quantitative estimate of drug-likeness (QED) is 0.605. The average Bonchev–Trinajstić information content (AvgIpc) is 2.21. The number of rotatable bonds is 0. The van der Waals surface area contributed by atoms with Gasteiger partial charge in [0.2, 0.25) is 0 Å². The third kappa shape index (κ3) is 2.33. The molecule has 0 bridgehead atoms. The second-order valence-electron chi connectivity index (χ2n) is 3.98. The van der Waals surface area contributed by atoms with Gasteiger partial charge in [-0.25, -0.2) is 0 Å². The predicted octanol–water partition coefficient (Wildman–Crippen LogP) is 4.49. The third-order valence-electron chi connectivity index (χ3n) is 2.60. The molecule has 0 nitrogen and oxygen atoms in total. The second-order valence-corrected chi connectivity index (χ2v) is 5.12. The molecule has 1 aliphatic heterocycles. The lowest BCUT2D eigenvalue weighted by Gasteiger charge is -2.31. The Balaban J connectivity index is 0.000000461. The first-order valence-electron chi connectivity index (χ1n) is 5.42. The predicted molar refractivity (Wildman–Crippen MR) is 66.2 cm³/mol. The summed E-state index contributed by atoms with van der Waals surface area (Å²) in [5.41, 5.74) is 1.92. The molecule has 0 fully saturated rings. The lowest BCUT2D eigenvalue weighted by Crippen LogP contribution is -2.22. The monoisotopic (exact) mass is 208 g/mol. The summed E-state index contributed by atoms with van der Waals surface area (Å²) in [6.07, 6.45) is 1.30. The molecule has 0 aromatic heterocycles. The topological polar surface area (TPSA) is 0 Å². The molecule has 0 spiro atoms. The molecule has 1 heteroatoms. The van der Waals surface area contributed by atoms with Crippen LogP contribution < -0.4 is 0 Å². The summed E-state index contributed by atoms with van der Waals surface area (Å²) < 4.78 is 0. The van der Waals surface area contributed by atoms with E-state index in [2.05, 4.69) is 38.1 Å². The molecule has 1 aromatic rings. The summed E-state index contributed by atoms with van der Waals surface area (Å²) in [5, 5.41) is 0. The molecule has 1 aromatic carbocycles. The van der Waals surface area contributed by atoms with Gasteiger partial charge < -0.3 is 0 Å². The summed E-state index contributed by atoms with van der Waals surface area (Å²) in [6, 6.07) is 8.78. The Morgan fingerprint density at radius 3 is 2.43 bits per heavy atom. The Hall–Kier alpha value is -0.430. The first-order chi connectivity index (χ1) is 6.70. The van der Waals surface area contributed by atoms with Gasteiger partial charge in [0.25, 0.3) is 0 Å². The molecule has 2 rings (SSSR count). The summed E-state index contributed by atoms with van der Waals surface area (Å²) in [7, 11) is 0. The summed E-state index contributed by atoms with van der Waals surface area (Å²) >= 11 is 1.99. The largest absolute Gasteiger partial charge is 0.126 e. The highest BCUT2D eigenvalue weighted by molar-refractivity contribution is 7.99. The Bertz CT molecular complexity index is 289. The van der Waals surface area contributed by atoms with Crippen LogP contribution in [0.5, 0.6) is 0 Å². The molecule has 14 heavy (non-hydrogen) atoms. The van der Waals surface area contributed by atoms with Crippen LogP contribution in [-0.4, -0.2) is 5.75 Å². The molecule has 78 valence electrons. The SMILES string of the molecule is CC.CC1(C)CCSc2ccccc21. The zero-order valence-corrected chi connectivity index (χ0v) is 10.4. The number of fused-ring (bicyclic) bond motifs is 1. The van der Waals surface area contributed by atoms with Crippen LogP contribution in [0.25, 0.3) is 0 Å². The Morgan fingerprint density at radius 2 is 1.79 bits per heavy atom. The lowest BCUT2D eigenvalue weighted by molar-refractivity contribution is 0.494. The van der Waals surface area contributed by atoms with Crippen LogP contribution in [-0.2, 0) is 5.41 Å². The minimum Gasteiger partial charge on any atom is -0.126 e. The first kappa shape index (κ1) is 11.6. The van der Waals surface area contributed by atoms with E-state index in [0.717, 1.165) is 0 Å². The zero-order valence-electron chi connectivity index (χ0n) is 9.63. The van der Waals surface area contributed by atoms with Gasteiger partial charge in [0.05, 0.1) is 0 Å². The fraction of sp³-hybridized carbons (Fsp3) is 0.538. The first-order valence-corrected chi connectivity index (χ1v) is 6.41. The van der Waals surface area contributed by atoms with Gasteiger partial charge in [0, 0.05) is 4.90 Å². The average molecular weight is 208 g/mol. The van der Waals surface area contributed by atoms with Crippen molar-refractivity contribution in [3.05, 3.63) is 29.8 Å². The Kier molecular flexibility index (Phi) is 4.06. The van der Waals surface area contributed by atoms with E-state index in [1.165, 1.54) is 22.6 Å². The van der Waals surface area contributed by atoms with E-state index in [4.69, 9.17) is 0 Å². The van der Waals surface area contributed by atoms with Crippen molar-refractivity contribution in [3.63, 3.8) is 0 Å². The van der Waals surface area contributed by atoms with Crippen molar-refractivity contribution in [1.82, 2.24) is 0 Å². The minimum absolute atomic E-state index is 0.391. The lowest BCUT2D eigenvalue weighted by atomic mass is 9.82. The highest BCUT2D eigenvalue weighted by Gasteiger charge is 2.26. The molecule has 0 N–H and O–H groups in total. The highest BCUT2D eigenvalue weighted by Crippen LogP contribution is 2.40. The maximum Gasteiger partial charge on any atom is 0.0109 e. The van der Waals surface area contributed by atoms with Crippen molar-refractivity contribution in [3.8, 4) is 0 Å². The van der Waals surface area contributed by atoms with Crippen molar-refractivity contribution in [2.45, 2.75) is 44.4 Å². The summed E-state index contributed by atoms with van der Waals surface area (Å²) in [5.74, 6) is 1.27. The zero-order chi connectivity index (χ0) is 10.6. The van der Waals surface area contributed by atoms with Gasteiger partial charge in [-0.3, -0.25) is 0 Å². The van der Waals surface area contributed by atoms with Gasteiger partial charge in [-0.1, -0.05) is 45.9 Å². The van der Waals surface area contributed by atoms with Gasteiger partial charge in [-0.05, 0) is 29.2 Å². The molecule has 0 radical (unpaired) electrons. The fourth-order valence-electron chi connectivity index (χ4n) is 1.70. The van der Waals surface area contributed by atoms with Gasteiger partial charge in [0.1, 0.15) is 0 Å². The number of hydrogen-bond acceptors (Lipinski definition) is 1. The smallest absolute Gasteiger partial charge is 0.0109 e.